The monoisotopic (exact) mass is 427 g/mol. The fourth-order valence-corrected chi connectivity index (χ4v) is 4.70. The number of aliphatic carboxylic acids is 1. The lowest BCUT2D eigenvalue weighted by Crippen LogP contribution is -2.34. The van der Waals surface area contributed by atoms with Crippen LogP contribution in [0.5, 0.6) is 0 Å². The number of anilines is 1. The number of esters is 1. The van der Waals surface area contributed by atoms with Crippen LogP contribution in [0.15, 0.2) is 42.5 Å². The second-order valence-electron chi connectivity index (χ2n) is 7.22. The molecule has 1 aromatic carbocycles. The molecule has 0 radical (unpaired) electrons. The van der Waals surface area contributed by atoms with Gasteiger partial charge in [-0.1, -0.05) is 49.4 Å². The topological polar surface area (TPSA) is 92.7 Å². The van der Waals surface area contributed by atoms with E-state index in [1.807, 2.05) is 50.3 Å². The van der Waals surface area contributed by atoms with Gasteiger partial charge in [-0.3, -0.25) is 9.59 Å². The minimum Gasteiger partial charge on any atom is -0.481 e. The second kappa shape index (κ2) is 9.71. The van der Waals surface area contributed by atoms with Gasteiger partial charge in [0.25, 0.3) is 0 Å². The van der Waals surface area contributed by atoms with Gasteiger partial charge in [-0.2, -0.15) is 0 Å². The minimum atomic E-state index is -0.991. The first-order chi connectivity index (χ1) is 14.4. The number of carbonyl (C=O) groups is 3. The van der Waals surface area contributed by atoms with Crippen molar-refractivity contribution in [2.45, 2.75) is 33.1 Å². The second-order valence-corrected chi connectivity index (χ2v) is 8.45. The molecule has 7 heteroatoms. The van der Waals surface area contributed by atoms with Crippen molar-refractivity contribution in [3.63, 3.8) is 0 Å². The van der Waals surface area contributed by atoms with Gasteiger partial charge in [0.05, 0.1) is 18.4 Å². The number of aryl methyl sites for hydroxylation is 1. The molecule has 1 aliphatic carbocycles. The zero-order chi connectivity index (χ0) is 21.7. The summed E-state index contributed by atoms with van der Waals surface area (Å²) < 4.78 is 5.39. The summed E-state index contributed by atoms with van der Waals surface area (Å²) in [5, 5.41) is 12.7. The molecule has 0 saturated heterocycles. The van der Waals surface area contributed by atoms with E-state index in [1.54, 1.807) is 6.08 Å². The van der Waals surface area contributed by atoms with Crippen LogP contribution >= 0.6 is 11.3 Å². The molecule has 0 aliphatic heterocycles. The Hall–Kier alpha value is -2.93. The SMILES string of the molecule is CCCOC(=O)c1c(NC(=O)[C@@H]2CC=CC[C@@H]2C(=O)O)sc(C)c1-c1ccccc1. The number of ether oxygens (including phenoxy) is 1. The van der Waals surface area contributed by atoms with E-state index >= 15 is 0 Å². The number of carbonyl (C=O) groups excluding carboxylic acids is 2. The van der Waals surface area contributed by atoms with E-state index in [2.05, 4.69) is 5.32 Å². The van der Waals surface area contributed by atoms with Crippen molar-refractivity contribution in [1.82, 2.24) is 0 Å². The van der Waals surface area contributed by atoms with Crippen molar-refractivity contribution in [1.29, 1.82) is 0 Å². The lowest BCUT2D eigenvalue weighted by atomic mass is 9.82. The Morgan fingerprint density at radius 2 is 1.80 bits per heavy atom. The molecule has 158 valence electrons. The van der Waals surface area contributed by atoms with Crippen LogP contribution in [0.4, 0.5) is 5.00 Å². The summed E-state index contributed by atoms with van der Waals surface area (Å²) in [5.74, 6) is -3.34. The maximum absolute atomic E-state index is 13.0. The van der Waals surface area contributed by atoms with Crippen LogP contribution in [-0.2, 0) is 14.3 Å². The summed E-state index contributed by atoms with van der Waals surface area (Å²) in [7, 11) is 0. The fraction of sp³-hybridized carbons (Fsp3) is 0.348. The molecule has 3 rings (SSSR count). The average molecular weight is 428 g/mol. The van der Waals surface area contributed by atoms with Gasteiger partial charge in [-0.05, 0) is 31.7 Å². The molecule has 1 aliphatic rings. The number of thiophene rings is 1. The van der Waals surface area contributed by atoms with Crippen LogP contribution in [0.3, 0.4) is 0 Å². The van der Waals surface area contributed by atoms with Crippen LogP contribution < -0.4 is 5.32 Å². The quantitative estimate of drug-likeness (QED) is 0.484. The molecule has 1 heterocycles. The summed E-state index contributed by atoms with van der Waals surface area (Å²) in [6, 6.07) is 9.48. The Bertz CT molecular complexity index is 963. The van der Waals surface area contributed by atoms with E-state index in [0.29, 0.717) is 29.8 Å². The summed E-state index contributed by atoms with van der Waals surface area (Å²) in [4.78, 5) is 38.3. The predicted molar refractivity (Wildman–Crippen MR) is 117 cm³/mol. The molecular weight excluding hydrogens is 402 g/mol. The molecule has 1 amide bonds. The number of allylic oxidation sites excluding steroid dienone is 2. The van der Waals surface area contributed by atoms with Gasteiger partial charge in [0.15, 0.2) is 0 Å². The Morgan fingerprint density at radius 3 is 2.43 bits per heavy atom. The van der Waals surface area contributed by atoms with E-state index in [0.717, 1.165) is 16.0 Å². The molecule has 30 heavy (non-hydrogen) atoms. The Balaban J connectivity index is 1.98. The Kier molecular flexibility index (Phi) is 7.05. The van der Waals surface area contributed by atoms with Gasteiger partial charge in [0, 0.05) is 10.4 Å². The van der Waals surface area contributed by atoms with Crippen molar-refractivity contribution in [2.75, 3.05) is 11.9 Å². The number of rotatable bonds is 7. The van der Waals surface area contributed by atoms with Crippen LogP contribution in [0.25, 0.3) is 11.1 Å². The van der Waals surface area contributed by atoms with E-state index in [1.165, 1.54) is 11.3 Å². The largest absolute Gasteiger partial charge is 0.481 e. The number of hydrogen-bond donors (Lipinski definition) is 2. The van der Waals surface area contributed by atoms with Gasteiger partial charge in [0.2, 0.25) is 5.91 Å². The lowest BCUT2D eigenvalue weighted by molar-refractivity contribution is -0.146. The van der Waals surface area contributed by atoms with Gasteiger partial charge in [-0.15, -0.1) is 11.3 Å². The minimum absolute atomic E-state index is 0.282. The molecule has 0 saturated carbocycles. The summed E-state index contributed by atoms with van der Waals surface area (Å²) in [6.07, 6.45) is 4.98. The Morgan fingerprint density at radius 1 is 1.13 bits per heavy atom. The normalized spacial score (nSPS) is 18.1. The molecule has 0 unspecified atom stereocenters. The van der Waals surface area contributed by atoms with Crippen LogP contribution in [0.1, 0.15) is 41.4 Å². The number of hydrogen-bond acceptors (Lipinski definition) is 5. The lowest BCUT2D eigenvalue weighted by Gasteiger charge is -2.24. The third kappa shape index (κ3) is 4.62. The molecule has 2 N–H and O–H groups in total. The highest BCUT2D eigenvalue weighted by Crippen LogP contribution is 2.41. The first-order valence-corrected chi connectivity index (χ1v) is 10.8. The van der Waals surface area contributed by atoms with E-state index in [4.69, 9.17) is 4.74 Å². The molecule has 1 aromatic heterocycles. The van der Waals surface area contributed by atoms with Crippen molar-refractivity contribution < 1.29 is 24.2 Å². The molecule has 2 aromatic rings. The first-order valence-electron chi connectivity index (χ1n) is 9.98. The van der Waals surface area contributed by atoms with E-state index in [-0.39, 0.29) is 6.61 Å². The van der Waals surface area contributed by atoms with Gasteiger partial charge >= 0.3 is 11.9 Å². The number of carboxylic acid groups (broad SMARTS) is 1. The molecule has 6 nitrogen and oxygen atoms in total. The molecular formula is C23H25NO5S. The number of carboxylic acids is 1. The fourth-order valence-electron chi connectivity index (χ4n) is 3.63. The van der Waals surface area contributed by atoms with Crippen LogP contribution in [0, 0.1) is 18.8 Å². The summed E-state index contributed by atoms with van der Waals surface area (Å²) in [6.45, 7) is 4.09. The first kappa shape index (κ1) is 21.8. The summed E-state index contributed by atoms with van der Waals surface area (Å²) >= 11 is 1.30. The van der Waals surface area contributed by atoms with Gasteiger partial charge in [-0.25, -0.2) is 4.79 Å². The number of amides is 1. The average Bonchev–Trinajstić information content (AvgIpc) is 3.08. The van der Waals surface area contributed by atoms with Gasteiger partial charge < -0.3 is 15.2 Å². The smallest absolute Gasteiger partial charge is 0.341 e. The van der Waals surface area contributed by atoms with E-state index in [9.17, 15) is 19.5 Å². The molecule has 2 atom stereocenters. The van der Waals surface area contributed by atoms with Crippen molar-refractivity contribution >= 4 is 34.2 Å². The molecule has 0 spiro atoms. The summed E-state index contributed by atoms with van der Waals surface area (Å²) in [5.41, 5.74) is 1.92. The highest BCUT2D eigenvalue weighted by molar-refractivity contribution is 7.17. The predicted octanol–water partition coefficient (Wildman–Crippen LogP) is 4.90. The van der Waals surface area contributed by atoms with Gasteiger partial charge in [0.1, 0.15) is 10.6 Å². The highest BCUT2D eigenvalue weighted by atomic mass is 32.1. The van der Waals surface area contributed by atoms with Crippen molar-refractivity contribution in [2.24, 2.45) is 11.8 Å². The standard InChI is InChI=1S/C23H25NO5S/c1-3-13-29-23(28)19-18(15-9-5-4-6-10-15)14(2)30-21(19)24-20(25)16-11-7-8-12-17(16)22(26)27/h4-10,16-17H,3,11-13H2,1-2H3,(H,24,25)(H,26,27)/t16-,17+/m1/s1. The zero-order valence-electron chi connectivity index (χ0n) is 17.0. The number of nitrogens with one attached hydrogen (secondary N) is 1. The molecule has 0 fully saturated rings. The van der Waals surface area contributed by atoms with E-state index < -0.39 is 29.7 Å². The third-order valence-electron chi connectivity index (χ3n) is 5.11. The maximum Gasteiger partial charge on any atom is 0.341 e. The maximum atomic E-state index is 13.0. The zero-order valence-corrected chi connectivity index (χ0v) is 17.8. The Labute approximate surface area is 179 Å². The third-order valence-corrected chi connectivity index (χ3v) is 6.13. The van der Waals surface area contributed by atoms with Crippen molar-refractivity contribution in [3.8, 4) is 11.1 Å². The van der Waals surface area contributed by atoms with Crippen LogP contribution in [-0.4, -0.2) is 29.6 Å². The van der Waals surface area contributed by atoms with Crippen LogP contribution in [0.2, 0.25) is 0 Å². The number of benzene rings is 1. The molecule has 0 bridgehead atoms. The highest BCUT2D eigenvalue weighted by Gasteiger charge is 2.35. The van der Waals surface area contributed by atoms with Crippen molar-refractivity contribution in [3.05, 3.63) is 52.9 Å².